The van der Waals surface area contributed by atoms with Gasteiger partial charge in [0.1, 0.15) is 0 Å². The van der Waals surface area contributed by atoms with Crippen LogP contribution in [0.5, 0.6) is 11.5 Å². The van der Waals surface area contributed by atoms with Crippen molar-refractivity contribution in [2.24, 2.45) is 11.3 Å². The number of hydrogen-bond acceptors (Lipinski definition) is 4. The molecule has 1 saturated heterocycles. The van der Waals surface area contributed by atoms with Gasteiger partial charge >= 0.3 is 0 Å². The summed E-state index contributed by atoms with van der Waals surface area (Å²) in [6.45, 7) is 49.5. The number of ether oxygens (including phenoxy) is 2. The molecule has 2 N–H and O–H groups in total. The van der Waals surface area contributed by atoms with Crippen LogP contribution in [0.15, 0.2) is 152 Å². The second-order valence-electron chi connectivity index (χ2n) is 26.4. The first kappa shape index (κ1) is 68.9. The van der Waals surface area contributed by atoms with Gasteiger partial charge in [-0.3, -0.25) is 4.98 Å². The molecule has 4 aromatic carbocycles. The van der Waals surface area contributed by atoms with Gasteiger partial charge in [0.2, 0.25) is 6.79 Å². The van der Waals surface area contributed by atoms with Crippen LogP contribution in [0.1, 0.15) is 207 Å². The zero-order valence-electron chi connectivity index (χ0n) is 49.3. The van der Waals surface area contributed by atoms with Crippen LogP contribution in [0.3, 0.4) is 0 Å². The number of rotatable bonds is 0. The Bertz CT molecular complexity index is 2100. The standard InChI is InChI=1S/C11H14O2.3C10H14.C9H19N.C9H13N.C8H13N.2CH4/c1-11(2,3)8-4-5-9-10(6-8)13-7-12-9;3*1-10(2,3)9-7-5-4-6-8-9;1-9(2,3)8-5-4-6-10-7-8;1-9(2,3)8-6-4-5-7-10-8;1-8(2,3)7-5-4-6-9-7;;/h4-6H,7H2,1-3H3;3*4-8H,1-3H3;8,10H,4-7H2,1-3H3;4-7H,1-3H3;4-6,9H,1-3H3;2*1H4. The molecule has 5 nitrogen and oxygen atoms in total. The van der Waals surface area contributed by atoms with Gasteiger partial charge < -0.3 is 19.8 Å². The number of nitrogens with zero attached hydrogens (tertiary/aromatic N) is 1. The van der Waals surface area contributed by atoms with Crippen LogP contribution in [-0.2, 0) is 32.5 Å². The zero-order valence-corrected chi connectivity index (χ0v) is 49.3. The third kappa shape index (κ3) is 27.4. The molecule has 8 rings (SSSR count). The summed E-state index contributed by atoms with van der Waals surface area (Å²) in [6, 6.07) is 47.9. The molecule has 4 heterocycles. The Kier molecular flexibility index (Phi) is 28.9. The van der Waals surface area contributed by atoms with Crippen LogP contribution >= 0.6 is 0 Å². The van der Waals surface area contributed by atoms with E-state index in [0.29, 0.717) is 28.5 Å². The first-order valence-corrected chi connectivity index (χ1v) is 26.5. The van der Waals surface area contributed by atoms with Crippen molar-refractivity contribution >= 4 is 0 Å². The number of aromatic nitrogens is 2. The summed E-state index contributed by atoms with van der Waals surface area (Å²) in [5.41, 5.74) is 9.91. The molecule has 6 aromatic rings. The molecular weight excluding hydrogens is 903 g/mol. The lowest BCUT2D eigenvalue weighted by atomic mass is 9.77. The summed E-state index contributed by atoms with van der Waals surface area (Å²) in [5, 5.41) is 3.44. The second kappa shape index (κ2) is 31.0. The Balaban J connectivity index is 0.000000839. The van der Waals surface area contributed by atoms with Gasteiger partial charge in [-0.25, -0.2) is 0 Å². The second-order valence-corrected chi connectivity index (χ2v) is 26.4. The Labute approximate surface area is 456 Å². The maximum atomic E-state index is 5.31. The monoisotopic (exact) mass is 1010 g/mol. The summed E-state index contributed by atoms with van der Waals surface area (Å²) in [6.07, 6.45) is 6.57. The van der Waals surface area contributed by atoms with E-state index in [0.717, 1.165) is 23.1 Å². The molecule has 2 aliphatic heterocycles. The van der Waals surface area contributed by atoms with Gasteiger partial charge in [-0.15, -0.1) is 0 Å². The van der Waals surface area contributed by atoms with Gasteiger partial charge in [0.05, 0.1) is 0 Å². The van der Waals surface area contributed by atoms with E-state index < -0.39 is 0 Å². The average molecular weight is 1010 g/mol. The molecule has 412 valence electrons. The van der Waals surface area contributed by atoms with Crippen molar-refractivity contribution in [3.8, 4) is 11.5 Å². The SMILES string of the molecule is C.C.CC(C)(C)C1CCCNC1.CC(C)(C)c1ccc2c(c1)OCO2.CC(C)(C)c1ccc[nH]1.CC(C)(C)c1ccccc1.CC(C)(C)c1ccccc1.CC(C)(C)c1ccccc1.CC(C)(C)c1ccccn1. The number of benzene rings is 4. The highest BCUT2D eigenvalue weighted by Gasteiger charge is 2.25. The lowest BCUT2D eigenvalue weighted by molar-refractivity contribution is 0.174. The van der Waals surface area contributed by atoms with Gasteiger partial charge in [0.15, 0.2) is 11.5 Å². The first-order valence-electron chi connectivity index (χ1n) is 26.5. The minimum atomic E-state index is 0. The fourth-order valence-electron chi connectivity index (χ4n) is 7.37. The fraction of sp³-hybridized carbons (Fsp3) is 0.522. The van der Waals surface area contributed by atoms with Crippen molar-refractivity contribution in [3.05, 3.63) is 186 Å². The largest absolute Gasteiger partial charge is 0.454 e. The summed E-state index contributed by atoms with van der Waals surface area (Å²) in [5.74, 6) is 2.61. The van der Waals surface area contributed by atoms with Crippen molar-refractivity contribution in [1.82, 2.24) is 15.3 Å². The molecule has 0 spiro atoms. The normalized spacial score (nSPS) is 14.1. The Morgan fingerprint density at radius 3 is 1.14 bits per heavy atom. The summed E-state index contributed by atoms with van der Waals surface area (Å²) in [4.78, 5) is 7.43. The van der Waals surface area contributed by atoms with Crippen LogP contribution in [0.25, 0.3) is 0 Å². The van der Waals surface area contributed by atoms with Crippen molar-refractivity contribution in [2.75, 3.05) is 19.9 Å². The average Bonchev–Trinajstić information content (AvgIpc) is 4.04. The van der Waals surface area contributed by atoms with E-state index in [-0.39, 0.29) is 31.1 Å². The molecular formula is C69H109N3O2. The Morgan fingerprint density at radius 2 is 0.865 bits per heavy atom. The van der Waals surface area contributed by atoms with Crippen molar-refractivity contribution < 1.29 is 9.47 Å². The maximum Gasteiger partial charge on any atom is 0.231 e. The summed E-state index contributed by atoms with van der Waals surface area (Å²) in [7, 11) is 0. The zero-order chi connectivity index (χ0) is 54.4. The summed E-state index contributed by atoms with van der Waals surface area (Å²) >= 11 is 0. The number of aromatic amines is 1. The third-order valence-electron chi connectivity index (χ3n) is 12.5. The number of H-pyrrole nitrogens is 1. The highest BCUT2D eigenvalue weighted by Crippen LogP contribution is 2.36. The molecule has 5 heteroatoms. The predicted octanol–water partition coefficient (Wildman–Crippen LogP) is 19.7. The van der Waals surface area contributed by atoms with E-state index >= 15 is 0 Å². The molecule has 0 amide bonds. The van der Waals surface area contributed by atoms with Crippen LogP contribution in [-0.4, -0.2) is 29.9 Å². The smallest absolute Gasteiger partial charge is 0.231 e. The Morgan fingerprint density at radius 1 is 0.432 bits per heavy atom. The Hall–Kier alpha value is -5.13. The molecule has 0 aliphatic carbocycles. The van der Waals surface area contributed by atoms with Crippen LogP contribution in [0.4, 0.5) is 0 Å². The fourth-order valence-corrected chi connectivity index (χ4v) is 7.37. The van der Waals surface area contributed by atoms with Gasteiger partial charge in [0.25, 0.3) is 0 Å². The number of nitrogens with one attached hydrogen (secondary N) is 2. The molecule has 0 radical (unpaired) electrons. The third-order valence-corrected chi connectivity index (χ3v) is 12.5. The van der Waals surface area contributed by atoms with Gasteiger partial charge in [-0.1, -0.05) is 263 Å². The molecule has 74 heavy (non-hydrogen) atoms. The van der Waals surface area contributed by atoms with E-state index in [2.05, 4.69) is 276 Å². The molecule has 1 fully saturated rings. The topological polar surface area (TPSA) is 59.2 Å². The number of fused-ring (bicyclic) bond motifs is 1. The molecule has 1 atom stereocenters. The van der Waals surface area contributed by atoms with E-state index in [1.165, 1.54) is 53.9 Å². The van der Waals surface area contributed by atoms with E-state index in [4.69, 9.17) is 9.47 Å². The van der Waals surface area contributed by atoms with Crippen molar-refractivity contribution in [2.45, 2.75) is 206 Å². The first-order chi connectivity index (χ1) is 33.2. The quantitative estimate of drug-likeness (QED) is 0.159. The van der Waals surface area contributed by atoms with Crippen molar-refractivity contribution in [1.29, 1.82) is 0 Å². The van der Waals surface area contributed by atoms with Crippen LogP contribution in [0, 0.1) is 11.3 Å². The lowest BCUT2D eigenvalue weighted by Gasteiger charge is -2.34. The van der Waals surface area contributed by atoms with E-state index in [9.17, 15) is 0 Å². The lowest BCUT2D eigenvalue weighted by Crippen LogP contribution is -2.36. The van der Waals surface area contributed by atoms with Gasteiger partial charge in [0, 0.05) is 34.6 Å². The number of hydrogen-bond donors (Lipinski definition) is 2. The number of piperidine rings is 1. The summed E-state index contributed by atoms with van der Waals surface area (Å²) < 4.78 is 10.6. The van der Waals surface area contributed by atoms with E-state index in [1.54, 1.807) is 0 Å². The molecule has 0 saturated carbocycles. The highest BCUT2D eigenvalue weighted by atomic mass is 16.7. The predicted molar refractivity (Wildman–Crippen MR) is 328 cm³/mol. The van der Waals surface area contributed by atoms with Gasteiger partial charge in [-0.05, 0) is 118 Å². The maximum absolute atomic E-state index is 5.31. The molecule has 1 unspecified atom stereocenters. The highest BCUT2D eigenvalue weighted by molar-refractivity contribution is 5.46. The molecule has 2 aliphatic rings. The molecule has 0 bridgehead atoms. The number of pyridine rings is 1. The minimum absolute atomic E-state index is 0. The minimum Gasteiger partial charge on any atom is -0.454 e. The van der Waals surface area contributed by atoms with Crippen molar-refractivity contribution in [3.63, 3.8) is 0 Å². The van der Waals surface area contributed by atoms with Gasteiger partial charge in [-0.2, -0.15) is 0 Å². The van der Waals surface area contributed by atoms with E-state index in [1.807, 2.05) is 36.7 Å². The molecule has 2 aromatic heterocycles. The van der Waals surface area contributed by atoms with Crippen LogP contribution < -0.4 is 14.8 Å². The van der Waals surface area contributed by atoms with Crippen LogP contribution in [0.2, 0.25) is 0 Å².